The van der Waals surface area contributed by atoms with Gasteiger partial charge in [-0.15, -0.1) is 0 Å². The van der Waals surface area contributed by atoms with Crippen LogP contribution >= 0.6 is 12.6 Å². The number of aliphatic carboxylic acids is 1. The Bertz CT molecular complexity index is 109. The van der Waals surface area contributed by atoms with Gasteiger partial charge in [0.15, 0.2) is 0 Å². The van der Waals surface area contributed by atoms with E-state index in [0.29, 0.717) is 6.54 Å². The molecule has 1 unspecified atom stereocenters. The van der Waals surface area contributed by atoms with Gasteiger partial charge in [-0.3, -0.25) is 4.79 Å². The Kier molecular flexibility index (Phi) is 5.38. The third kappa shape index (κ3) is 4.60. The summed E-state index contributed by atoms with van der Waals surface area (Å²) in [6.45, 7) is 0.698. The summed E-state index contributed by atoms with van der Waals surface area (Å²) in [5, 5.41) is 18.6. The number of carbonyl (C=O) groups is 1. The van der Waals surface area contributed by atoms with E-state index < -0.39 is 11.2 Å². The first-order valence-electron chi connectivity index (χ1n) is 2.91. The summed E-state index contributed by atoms with van der Waals surface area (Å²) in [6.07, 6.45) is 0. The zero-order valence-corrected chi connectivity index (χ0v) is 6.34. The lowest BCUT2D eigenvalue weighted by Gasteiger charge is -2.04. The van der Waals surface area contributed by atoms with Gasteiger partial charge in [0.25, 0.3) is 0 Å². The van der Waals surface area contributed by atoms with Crippen molar-refractivity contribution in [2.75, 3.05) is 19.7 Å². The van der Waals surface area contributed by atoms with E-state index in [1.165, 1.54) is 0 Å². The van der Waals surface area contributed by atoms with Gasteiger partial charge < -0.3 is 15.5 Å². The summed E-state index contributed by atoms with van der Waals surface area (Å²) in [4.78, 5) is 10.1. The van der Waals surface area contributed by atoms with Gasteiger partial charge in [0, 0.05) is 13.1 Å². The molecule has 0 aliphatic carbocycles. The van der Waals surface area contributed by atoms with E-state index in [4.69, 9.17) is 10.2 Å². The van der Waals surface area contributed by atoms with E-state index in [9.17, 15) is 4.79 Å². The van der Waals surface area contributed by atoms with Gasteiger partial charge in [-0.25, -0.2) is 0 Å². The first kappa shape index (κ1) is 9.74. The molecule has 4 nitrogen and oxygen atoms in total. The lowest BCUT2D eigenvalue weighted by molar-refractivity contribution is -0.136. The molecular formula is C5H11NO3S. The van der Waals surface area contributed by atoms with Crippen molar-refractivity contribution in [2.45, 2.75) is 5.25 Å². The number of hydrogen-bond acceptors (Lipinski definition) is 4. The van der Waals surface area contributed by atoms with E-state index in [1.54, 1.807) is 0 Å². The number of rotatable bonds is 5. The second-order valence-electron chi connectivity index (χ2n) is 1.78. The fourth-order valence-electron chi connectivity index (χ4n) is 0.405. The highest BCUT2D eigenvalue weighted by Gasteiger charge is 2.09. The van der Waals surface area contributed by atoms with Gasteiger partial charge in [-0.05, 0) is 0 Å². The summed E-state index contributed by atoms with van der Waals surface area (Å²) in [7, 11) is 0. The number of aliphatic hydroxyl groups is 1. The van der Waals surface area contributed by atoms with Crippen LogP contribution in [0, 0.1) is 0 Å². The fraction of sp³-hybridized carbons (Fsp3) is 0.800. The summed E-state index contributed by atoms with van der Waals surface area (Å²) in [5.41, 5.74) is 0. The lowest BCUT2D eigenvalue weighted by Crippen LogP contribution is -2.30. The molecule has 0 radical (unpaired) electrons. The Morgan fingerprint density at radius 2 is 2.30 bits per heavy atom. The van der Waals surface area contributed by atoms with Crippen molar-refractivity contribution in [2.24, 2.45) is 0 Å². The minimum absolute atomic E-state index is 0.0140. The van der Waals surface area contributed by atoms with Crippen molar-refractivity contribution < 1.29 is 15.0 Å². The number of thiol groups is 1. The monoisotopic (exact) mass is 165 g/mol. The summed E-state index contributed by atoms with van der Waals surface area (Å²) >= 11 is 3.75. The Balaban J connectivity index is 3.21. The molecule has 0 aromatic rings. The highest BCUT2D eigenvalue weighted by molar-refractivity contribution is 7.81. The molecule has 0 aromatic carbocycles. The molecule has 0 aromatic heterocycles. The standard InChI is InChI=1S/C5H11NO3S/c7-2-1-6-3-4(10)5(8)9/h4,6-7,10H,1-3H2,(H,8,9). The van der Waals surface area contributed by atoms with Crippen LogP contribution in [0.1, 0.15) is 0 Å². The molecule has 0 bridgehead atoms. The van der Waals surface area contributed by atoms with Crippen LogP contribution in [0.2, 0.25) is 0 Å². The summed E-state index contributed by atoms with van der Waals surface area (Å²) < 4.78 is 0. The molecule has 0 spiro atoms. The first-order chi connectivity index (χ1) is 4.68. The van der Waals surface area contributed by atoms with Crippen LogP contribution in [0.4, 0.5) is 0 Å². The van der Waals surface area contributed by atoms with Crippen molar-refractivity contribution >= 4 is 18.6 Å². The SMILES string of the molecule is O=C(O)C(S)CNCCO. The molecule has 3 N–H and O–H groups in total. The van der Waals surface area contributed by atoms with Crippen LogP contribution in [0.3, 0.4) is 0 Å². The van der Waals surface area contributed by atoms with Crippen LogP contribution in [-0.4, -0.2) is 41.1 Å². The molecule has 0 saturated carbocycles. The highest BCUT2D eigenvalue weighted by Crippen LogP contribution is 1.90. The van der Waals surface area contributed by atoms with Crippen molar-refractivity contribution in [3.8, 4) is 0 Å². The maximum Gasteiger partial charge on any atom is 0.317 e. The van der Waals surface area contributed by atoms with E-state index in [1.807, 2.05) is 0 Å². The van der Waals surface area contributed by atoms with Crippen LogP contribution in [0.25, 0.3) is 0 Å². The normalized spacial score (nSPS) is 13.0. The Labute approximate surface area is 64.7 Å². The van der Waals surface area contributed by atoms with Crippen molar-refractivity contribution in [3.63, 3.8) is 0 Å². The molecule has 0 saturated heterocycles. The zero-order valence-electron chi connectivity index (χ0n) is 5.45. The van der Waals surface area contributed by atoms with Gasteiger partial charge in [0.2, 0.25) is 0 Å². The van der Waals surface area contributed by atoms with Crippen LogP contribution in [0.5, 0.6) is 0 Å². The molecule has 0 heterocycles. The van der Waals surface area contributed by atoms with E-state index >= 15 is 0 Å². The third-order valence-electron chi connectivity index (χ3n) is 0.911. The fourth-order valence-corrected chi connectivity index (χ4v) is 0.534. The molecule has 0 amide bonds. The maximum atomic E-state index is 10.1. The molecule has 0 fully saturated rings. The van der Waals surface area contributed by atoms with Crippen LogP contribution in [0.15, 0.2) is 0 Å². The largest absolute Gasteiger partial charge is 0.480 e. The van der Waals surface area contributed by atoms with E-state index in [2.05, 4.69) is 17.9 Å². The quantitative estimate of drug-likeness (QED) is 0.310. The second kappa shape index (κ2) is 5.52. The topological polar surface area (TPSA) is 69.6 Å². The Morgan fingerprint density at radius 1 is 1.70 bits per heavy atom. The van der Waals surface area contributed by atoms with Crippen LogP contribution < -0.4 is 5.32 Å². The van der Waals surface area contributed by atoms with E-state index in [0.717, 1.165) is 0 Å². The van der Waals surface area contributed by atoms with Gasteiger partial charge in [0.1, 0.15) is 5.25 Å². The minimum Gasteiger partial charge on any atom is -0.480 e. The molecule has 0 rings (SSSR count). The summed E-state index contributed by atoms with van der Waals surface area (Å²) in [5.74, 6) is -0.950. The van der Waals surface area contributed by atoms with Gasteiger partial charge in [-0.2, -0.15) is 12.6 Å². The first-order valence-corrected chi connectivity index (χ1v) is 3.42. The van der Waals surface area contributed by atoms with Gasteiger partial charge in [0.05, 0.1) is 6.61 Å². The molecular weight excluding hydrogens is 154 g/mol. The number of carboxylic acid groups (broad SMARTS) is 1. The predicted molar refractivity (Wildman–Crippen MR) is 40.4 cm³/mol. The van der Waals surface area contributed by atoms with Crippen LogP contribution in [-0.2, 0) is 4.79 Å². The lowest BCUT2D eigenvalue weighted by atomic mass is 10.4. The summed E-state index contributed by atoms with van der Waals surface area (Å²) in [6, 6.07) is 0. The predicted octanol–water partition coefficient (Wildman–Crippen LogP) is -1.05. The number of hydrogen-bond donors (Lipinski definition) is 4. The second-order valence-corrected chi connectivity index (χ2v) is 2.41. The average Bonchev–Trinajstić information content (AvgIpc) is 1.88. The molecule has 1 atom stereocenters. The maximum absolute atomic E-state index is 10.1. The molecule has 10 heavy (non-hydrogen) atoms. The van der Waals surface area contributed by atoms with Crippen molar-refractivity contribution in [3.05, 3.63) is 0 Å². The molecule has 0 aliphatic heterocycles. The number of nitrogens with one attached hydrogen (secondary N) is 1. The van der Waals surface area contributed by atoms with Crippen molar-refractivity contribution in [1.29, 1.82) is 0 Å². The third-order valence-corrected chi connectivity index (χ3v) is 1.31. The van der Waals surface area contributed by atoms with Crippen molar-refractivity contribution in [1.82, 2.24) is 5.32 Å². The minimum atomic E-state index is -0.950. The zero-order chi connectivity index (χ0) is 7.98. The van der Waals surface area contributed by atoms with E-state index in [-0.39, 0.29) is 13.2 Å². The molecule has 0 aliphatic rings. The highest BCUT2D eigenvalue weighted by atomic mass is 32.1. The Hall–Kier alpha value is -0.260. The number of carboxylic acids is 1. The van der Waals surface area contributed by atoms with Gasteiger partial charge >= 0.3 is 5.97 Å². The average molecular weight is 165 g/mol. The number of aliphatic hydroxyl groups excluding tert-OH is 1. The smallest absolute Gasteiger partial charge is 0.317 e. The van der Waals surface area contributed by atoms with Gasteiger partial charge in [-0.1, -0.05) is 0 Å². The Morgan fingerprint density at radius 3 is 2.70 bits per heavy atom. The molecule has 5 heteroatoms. The molecule has 60 valence electrons.